The molecule has 0 heterocycles. The van der Waals surface area contributed by atoms with Gasteiger partial charge >= 0.3 is 6.18 Å². The Morgan fingerprint density at radius 3 is 2.19 bits per heavy atom. The normalized spacial score (nSPS) is 11.3. The number of amides is 1. The number of rotatable bonds is 2. The first-order valence-corrected chi connectivity index (χ1v) is 6.34. The standard InChI is InChI=1S/C16H14F3NO/c1-10-4-3-5-14(11(10)2)15(21)20-13-8-6-12(7-9-13)16(17,18)19/h3-9H,1-2H3,(H,20,21). The van der Waals surface area contributed by atoms with E-state index in [-0.39, 0.29) is 5.91 Å². The van der Waals surface area contributed by atoms with E-state index in [1.807, 2.05) is 19.9 Å². The van der Waals surface area contributed by atoms with Crippen LogP contribution in [0.5, 0.6) is 0 Å². The van der Waals surface area contributed by atoms with Crippen LogP contribution in [0, 0.1) is 13.8 Å². The highest BCUT2D eigenvalue weighted by atomic mass is 19.4. The van der Waals surface area contributed by atoms with Crippen molar-refractivity contribution in [3.05, 3.63) is 64.7 Å². The Morgan fingerprint density at radius 1 is 1.00 bits per heavy atom. The lowest BCUT2D eigenvalue weighted by Crippen LogP contribution is -2.14. The maximum Gasteiger partial charge on any atom is 0.416 e. The molecule has 0 unspecified atom stereocenters. The van der Waals surface area contributed by atoms with Crippen LogP contribution in [-0.4, -0.2) is 5.91 Å². The van der Waals surface area contributed by atoms with Crippen LogP contribution >= 0.6 is 0 Å². The first-order chi connectivity index (χ1) is 9.79. The van der Waals surface area contributed by atoms with Crippen LogP contribution in [0.25, 0.3) is 0 Å². The highest BCUT2D eigenvalue weighted by Crippen LogP contribution is 2.29. The molecule has 2 aromatic carbocycles. The van der Waals surface area contributed by atoms with Crippen molar-refractivity contribution >= 4 is 11.6 Å². The van der Waals surface area contributed by atoms with Crippen LogP contribution < -0.4 is 5.32 Å². The van der Waals surface area contributed by atoms with E-state index in [9.17, 15) is 18.0 Å². The number of carbonyl (C=O) groups is 1. The van der Waals surface area contributed by atoms with E-state index in [2.05, 4.69) is 5.32 Å². The molecule has 1 N–H and O–H groups in total. The molecular weight excluding hydrogens is 279 g/mol. The van der Waals surface area contributed by atoms with E-state index in [1.54, 1.807) is 12.1 Å². The summed E-state index contributed by atoms with van der Waals surface area (Å²) in [5.74, 6) is -0.337. The Morgan fingerprint density at radius 2 is 1.62 bits per heavy atom. The van der Waals surface area contributed by atoms with Gasteiger partial charge in [0.1, 0.15) is 0 Å². The molecule has 0 saturated heterocycles. The summed E-state index contributed by atoms with van der Waals surface area (Å²) in [6.07, 6.45) is -4.38. The number of alkyl halides is 3. The van der Waals surface area contributed by atoms with Crippen LogP contribution in [0.15, 0.2) is 42.5 Å². The summed E-state index contributed by atoms with van der Waals surface area (Å²) in [7, 11) is 0. The topological polar surface area (TPSA) is 29.1 Å². The van der Waals surface area contributed by atoms with Crippen molar-refractivity contribution in [1.29, 1.82) is 0 Å². The van der Waals surface area contributed by atoms with E-state index in [0.29, 0.717) is 11.3 Å². The number of halogens is 3. The molecule has 0 spiro atoms. The van der Waals surface area contributed by atoms with Crippen LogP contribution in [0.2, 0.25) is 0 Å². The average Bonchev–Trinajstić information content (AvgIpc) is 2.41. The van der Waals surface area contributed by atoms with Gasteiger partial charge in [-0.3, -0.25) is 4.79 Å². The van der Waals surface area contributed by atoms with Gasteiger partial charge in [0.2, 0.25) is 0 Å². The molecule has 0 aliphatic carbocycles. The molecule has 2 aromatic rings. The lowest BCUT2D eigenvalue weighted by Gasteiger charge is -2.11. The Kier molecular flexibility index (Phi) is 4.02. The Labute approximate surface area is 120 Å². The third-order valence-electron chi connectivity index (χ3n) is 3.32. The molecule has 2 nitrogen and oxygen atoms in total. The van der Waals surface area contributed by atoms with Crippen LogP contribution in [-0.2, 0) is 6.18 Å². The minimum absolute atomic E-state index is 0.328. The Bertz CT molecular complexity index is 660. The van der Waals surface area contributed by atoms with Gasteiger partial charge < -0.3 is 5.32 Å². The summed E-state index contributed by atoms with van der Waals surface area (Å²) in [5, 5.41) is 2.60. The zero-order valence-corrected chi connectivity index (χ0v) is 11.6. The lowest BCUT2D eigenvalue weighted by atomic mass is 10.0. The second-order valence-electron chi connectivity index (χ2n) is 4.78. The SMILES string of the molecule is Cc1cccc(C(=O)Nc2ccc(C(F)(F)F)cc2)c1C. The van der Waals surface area contributed by atoms with Gasteiger partial charge in [-0.2, -0.15) is 13.2 Å². The Hall–Kier alpha value is -2.30. The Balaban J connectivity index is 2.18. The molecule has 0 aliphatic heterocycles. The van der Waals surface area contributed by atoms with E-state index in [4.69, 9.17) is 0 Å². The van der Waals surface area contributed by atoms with Crippen LogP contribution in [0.3, 0.4) is 0 Å². The summed E-state index contributed by atoms with van der Waals surface area (Å²) in [6.45, 7) is 3.72. The maximum absolute atomic E-state index is 12.5. The molecule has 0 radical (unpaired) electrons. The summed E-state index contributed by atoms with van der Waals surface area (Å²) in [4.78, 5) is 12.1. The van der Waals surface area contributed by atoms with Gasteiger partial charge in [0.05, 0.1) is 5.56 Å². The van der Waals surface area contributed by atoms with Gasteiger partial charge in [0.15, 0.2) is 0 Å². The maximum atomic E-state index is 12.5. The van der Waals surface area contributed by atoms with Gasteiger partial charge in [0, 0.05) is 11.3 Å². The molecule has 0 aromatic heterocycles. The molecule has 0 aliphatic rings. The van der Waals surface area contributed by atoms with E-state index >= 15 is 0 Å². The number of hydrogen-bond acceptors (Lipinski definition) is 1. The van der Waals surface area contributed by atoms with Crippen molar-refractivity contribution in [2.75, 3.05) is 5.32 Å². The second kappa shape index (κ2) is 5.60. The quantitative estimate of drug-likeness (QED) is 0.863. The number of aryl methyl sites for hydroxylation is 1. The predicted molar refractivity (Wildman–Crippen MR) is 75.3 cm³/mol. The first kappa shape index (κ1) is 15.1. The average molecular weight is 293 g/mol. The minimum atomic E-state index is -4.38. The largest absolute Gasteiger partial charge is 0.416 e. The monoisotopic (exact) mass is 293 g/mol. The predicted octanol–water partition coefficient (Wildman–Crippen LogP) is 4.57. The summed E-state index contributed by atoms with van der Waals surface area (Å²) in [6, 6.07) is 9.71. The van der Waals surface area contributed by atoms with Crippen LogP contribution in [0.4, 0.5) is 18.9 Å². The molecule has 0 saturated carbocycles. The fourth-order valence-corrected chi connectivity index (χ4v) is 1.94. The molecule has 0 atom stereocenters. The first-order valence-electron chi connectivity index (χ1n) is 6.34. The number of nitrogens with one attached hydrogen (secondary N) is 1. The van der Waals surface area contributed by atoms with Gasteiger partial charge in [-0.15, -0.1) is 0 Å². The summed E-state index contributed by atoms with van der Waals surface area (Å²) in [5.41, 5.74) is 1.92. The zero-order valence-electron chi connectivity index (χ0n) is 11.6. The van der Waals surface area contributed by atoms with Crippen molar-refractivity contribution < 1.29 is 18.0 Å². The number of benzene rings is 2. The van der Waals surface area contributed by atoms with Crippen molar-refractivity contribution in [3.8, 4) is 0 Å². The molecular formula is C16H14F3NO. The van der Waals surface area contributed by atoms with Crippen molar-refractivity contribution in [3.63, 3.8) is 0 Å². The minimum Gasteiger partial charge on any atom is -0.322 e. The number of anilines is 1. The fraction of sp³-hybridized carbons (Fsp3) is 0.188. The molecule has 2 rings (SSSR count). The van der Waals surface area contributed by atoms with Gasteiger partial charge in [0.25, 0.3) is 5.91 Å². The van der Waals surface area contributed by atoms with E-state index < -0.39 is 11.7 Å². The smallest absolute Gasteiger partial charge is 0.322 e. The molecule has 0 bridgehead atoms. The van der Waals surface area contributed by atoms with E-state index in [0.717, 1.165) is 23.3 Å². The van der Waals surface area contributed by atoms with Crippen molar-refractivity contribution in [2.45, 2.75) is 20.0 Å². The number of carbonyl (C=O) groups excluding carboxylic acids is 1. The van der Waals surface area contributed by atoms with E-state index in [1.165, 1.54) is 12.1 Å². The zero-order chi connectivity index (χ0) is 15.6. The number of hydrogen-bond donors (Lipinski definition) is 1. The fourth-order valence-electron chi connectivity index (χ4n) is 1.94. The molecule has 21 heavy (non-hydrogen) atoms. The third kappa shape index (κ3) is 3.42. The summed E-state index contributed by atoms with van der Waals surface area (Å²) < 4.78 is 37.4. The molecule has 110 valence electrons. The highest BCUT2D eigenvalue weighted by molar-refractivity contribution is 6.05. The lowest BCUT2D eigenvalue weighted by molar-refractivity contribution is -0.137. The van der Waals surface area contributed by atoms with Crippen molar-refractivity contribution in [2.24, 2.45) is 0 Å². The molecule has 5 heteroatoms. The van der Waals surface area contributed by atoms with Gasteiger partial charge in [-0.25, -0.2) is 0 Å². The third-order valence-corrected chi connectivity index (χ3v) is 3.32. The van der Waals surface area contributed by atoms with Crippen molar-refractivity contribution in [1.82, 2.24) is 0 Å². The highest BCUT2D eigenvalue weighted by Gasteiger charge is 2.30. The van der Waals surface area contributed by atoms with Gasteiger partial charge in [-0.05, 0) is 55.3 Å². The molecule has 1 amide bonds. The van der Waals surface area contributed by atoms with Crippen LogP contribution in [0.1, 0.15) is 27.0 Å². The molecule has 0 fully saturated rings. The second-order valence-corrected chi connectivity index (χ2v) is 4.78. The summed E-state index contributed by atoms with van der Waals surface area (Å²) >= 11 is 0. The van der Waals surface area contributed by atoms with Gasteiger partial charge in [-0.1, -0.05) is 12.1 Å².